The maximum Gasteiger partial charge on any atom is 0.257 e. The number of carbonyl (C=O) groups is 2. The molecule has 3 N–H and O–H groups in total. The molecule has 0 aliphatic carbocycles. The molecule has 0 fully saturated rings. The van der Waals surface area contributed by atoms with Crippen LogP contribution in [0.15, 0.2) is 78.9 Å². The van der Waals surface area contributed by atoms with E-state index in [2.05, 4.69) is 22.9 Å². The number of nitrogens with one attached hydrogen (secondary N) is 3. The van der Waals surface area contributed by atoms with Crippen molar-refractivity contribution in [1.82, 2.24) is 5.32 Å². The summed E-state index contributed by atoms with van der Waals surface area (Å²) in [6, 6.07) is 24.1. The summed E-state index contributed by atoms with van der Waals surface area (Å²) in [5.74, 6) is 0.366. The first kappa shape index (κ1) is 27.9. The summed E-state index contributed by atoms with van der Waals surface area (Å²) in [4.78, 5) is 24.9. The van der Waals surface area contributed by atoms with Crippen LogP contribution in [0.4, 0.5) is 11.4 Å². The predicted octanol–water partition coefficient (Wildman–Crippen LogP) is 6.73. The maximum atomic E-state index is 12.6. The van der Waals surface area contributed by atoms with Crippen molar-refractivity contribution >= 4 is 40.5 Å². The normalized spacial score (nSPS) is 10.4. The molecule has 194 valence electrons. The lowest BCUT2D eigenvalue weighted by Crippen LogP contribution is -2.34. The van der Waals surface area contributed by atoms with Crippen molar-refractivity contribution in [2.75, 3.05) is 17.2 Å². The zero-order chi connectivity index (χ0) is 26.3. The number of amides is 2. The Kier molecular flexibility index (Phi) is 11.6. The van der Waals surface area contributed by atoms with Crippen LogP contribution in [0.2, 0.25) is 0 Å². The largest absolute Gasteiger partial charge is 0.494 e. The van der Waals surface area contributed by atoms with Crippen LogP contribution in [0.1, 0.15) is 61.4 Å². The summed E-state index contributed by atoms with van der Waals surface area (Å²) < 4.78 is 5.76. The number of carbonyl (C=O) groups excluding carboxylic acids is 2. The molecule has 0 aliphatic rings. The maximum absolute atomic E-state index is 12.6. The highest BCUT2D eigenvalue weighted by Gasteiger charge is 2.09. The molecular formula is C30H35N3O3S. The van der Waals surface area contributed by atoms with Gasteiger partial charge in [-0.1, -0.05) is 69.0 Å². The SMILES string of the molecule is CCCCCCCOc1ccc(C(=O)NC(=S)Nc2cccc(NC(=O)CCc3ccccc3)c2)cc1. The lowest BCUT2D eigenvalue weighted by molar-refractivity contribution is -0.116. The average Bonchev–Trinajstić information content (AvgIpc) is 2.90. The van der Waals surface area contributed by atoms with E-state index in [4.69, 9.17) is 17.0 Å². The highest BCUT2D eigenvalue weighted by Crippen LogP contribution is 2.17. The second-order valence-electron chi connectivity index (χ2n) is 8.81. The topological polar surface area (TPSA) is 79.5 Å². The Morgan fingerprint density at radius 2 is 1.51 bits per heavy atom. The molecule has 0 unspecified atom stereocenters. The van der Waals surface area contributed by atoms with Gasteiger partial charge in [0.05, 0.1) is 6.61 Å². The highest BCUT2D eigenvalue weighted by atomic mass is 32.1. The molecule has 7 heteroatoms. The molecule has 3 rings (SSSR count). The van der Waals surface area contributed by atoms with Crippen molar-refractivity contribution in [2.24, 2.45) is 0 Å². The van der Waals surface area contributed by atoms with Gasteiger partial charge < -0.3 is 15.4 Å². The van der Waals surface area contributed by atoms with Crippen molar-refractivity contribution < 1.29 is 14.3 Å². The molecule has 0 spiro atoms. The van der Waals surface area contributed by atoms with Gasteiger partial charge in [0.1, 0.15) is 5.75 Å². The van der Waals surface area contributed by atoms with Gasteiger partial charge in [-0.2, -0.15) is 0 Å². The Balaban J connectivity index is 1.42. The minimum absolute atomic E-state index is 0.0687. The average molecular weight is 518 g/mol. The minimum atomic E-state index is -0.311. The molecule has 0 atom stereocenters. The zero-order valence-corrected chi connectivity index (χ0v) is 22.1. The number of hydrogen-bond donors (Lipinski definition) is 3. The standard InChI is InChI=1S/C30H35N3O3S/c1-2-3-4-5-9-21-36-27-18-16-24(17-19-27)29(35)33-30(37)32-26-14-10-13-25(22-26)31-28(34)20-15-23-11-7-6-8-12-23/h6-8,10-14,16-19,22H,2-5,9,15,20-21H2,1H3,(H,31,34)(H2,32,33,35,37). The number of unbranched alkanes of at least 4 members (excludes halogenated alkanes) is 4. The van der Waals surface area contributed by atoms with E-state index in [9.17, 15) is 9.59 Å². The third-order valence-electron chi connectivity index (χ3n) is 5.75. The Morgan fingerprint density at radius 1 is 0.811 bits per heavy atom. The molecule has 0 aliphatic heterocycles. The van der Waals surface area contributed by atoms with Gasteiger partial charge in [0.2, 0.25) is 5.91 Å². The highest BCUT2D eigenvalue weighted by molar-refractivity contribution is 7.80. The first-order valence-electron chi connectivity index (χ1n) is 12.8. The number of aryl methyl sites for hydroxylation is 1. The molecule has 0 aromatic heterocycles. The van der Waals surface area contributed by atoms with Crippen molar-refractivity contribution in [3.05, 3.63) is 90.0 Å². The van der Waals surface area contributed by atoms with Crippen LogP contribution in [0.25, 0.3) is 0 Å². The number of rotatable bonds is 13. The van der Waals surface area contributed by atoms with E-state index in [1.54, 1.807) is 30.3 Å². The van der Waals surface area contributed by atoms with Crippen LogP contribution in [0.5, 0.6) is 5.75 Å². The predicted molar refractivity (Wildman–Crippen MR) is 154 cm³/mol. The molecule has 3 aromatic carbocycles. The van der Waals surface area contributed by atoms with Crippen LogP contribution < -0.4 is 20.7 Å². The number of thiocarbonyl (C=S) groups is 1. The smallest absolute Gasteiger partial charge is 0.257 e. The second-order valence-corrected chi connectivity index (χ2v) is 9.22. The Bertz CT molecular complexity index is 1150. The van der Waals surface area contributed by atoms with Crippen molar-refractivity contribution in [3.8, 4) is 5.75 Å². The molecule has 0 heterocycles. The van der Waals surface area contributed by atoms with Crippen molar-refractivity contribution in [3.63, 3.8) is 0 Å². The first-order chi connectivity index (χ1) is 18.0. The fraction of sp³-hybridized carbons (Fsp3) is 0.300. The molecule has 0 bridgehead atoms. The molecular weight excluding hydrogens is 482 g/mol. The van der Waals surface area contributed by atoms with Gasteiger partial charge in [-0.15, -0.1) is 0 Å². The Labute approximate surface area is 224 Å². The van der Waals surface area contributed by atoms with E-state index in [-0.39, 0.29) is 16.9 Å². The number of benzene rings is 3. The number of anilines is 2. The molecule has 0 saturated heterocycles. The first-order valence-corrected chi connectivity index (χ1v) is 13.2. The lowest BCUT2D eigenvalue weighted by Gasteiger charge is -2.12. The van der Waals surface area contributed by atoms with E-state index in [1.807, 2.05) is 48.5 Å². The third-order valence-corrected chi connectivity index (χ3v) is 5.95. The van der Waals surface area contributed by atoms with E-state index in [0.29, 0.717) is 36.4 Å². The van der Waals surface area contributed by atoms with Crippen LogP contribution in [-0.4, -0.2) is 23.5 Å². The molecule has 2 amide bonds. The van der Waals surface area contributed by atoms with Crippen LogP contribution in [0, 0.1) is 0 Å². The molecule has 0 radical (unpaired) electrons. The summed E-state index contributed by atoms with van der Waals surface area (Å²) in [6.07, 6.45) is 6.98. The van der Waals surface area contributed by atoms with E-state index >= 15 is 0 Å². The van der Waals surface area contributed by atoms with E-state index in [0.717, 1.165) is 17.7 Å². The molecule has 3 aromatic rings. The summed E-state index contributed by atoms with van der Waals surface area (Å²) in [6.45, 7) is 2.88. The second kappa shape index (κ2) is 15.4. The van der Waals surface area contributed by atoms with Crippen molar-refractivity contribution in [1.29, 1.82) is 0 Å². The number of ether oxygens (including phenoxy) is 1. The van der Waals surface area contributed by atoms with Gasteiger partial charge in [0.25, 0.3) is 5.91 Å². The van der Waals surface area contributed by atoms with Crippen molar-refractivity contribution in [2.45, 2.75) is 51.9 Å². The molecule has 37 heavy (non-hydrogen) atoms. The summed E-state index contributed by atoms with van der Waals surface area (Å²) in [7, 11) is 0. The molecule has 6 nitrogen and oxygen atoms in total. The van der Waals surface area contributed by atoms with E-state index in [1.165, 1.54) is 25.7 Å². The monoisotopic (exact) mass is 517 g/mol. The van der Waals surface area contributed by atoms with Crippen LogP contribution in [-0.2, 0) is 11.2 Å². The minimum Gasteiger partial charge on any atom is -0.494 e. The lowest BCUT2D eigenvalue weighted by atomic mass is 10.1. The van der Waals surface area contributed by atoms with Gasteiger partial charge in [0.15, 0.2) is 5.11 Å². The molecule has 0 saturated carbocycles. The van der Waals surface area contributed by atoms with Gasteiger partial charge in [-0.05, 0) is 73.1 Å². The third kappa shape index (κ3) is 10.4. The summed E-state index contributed by atoms with van der Waals surface area (Å²) in [5.41, 5.74) is 2.92. The zero-order valence-electron chi connectivity index (χ0n) is 21.3. The van der Waals surface area contributed by atoms with Gasteiger partial charge >= 0.3 is 0 Å². The van der Waals surface area contributed by atoms with Crippen LogP contribution in [0.3, 0.4) is 0 Å². The Hall–Kier alpha value is -3.71. The van der Waals surface area contributed by atoms with Gasteiger partial charge in [-0.25, -0.2) is 0 Å². The van der Waals surface area contributed by atoms with Gasteiger partial charge in [-0.3, -0.25) is 14.9 Å². The van der Waals surface area contributed by atoms with E-state index < -0.39 is 0 Å². The summed E-state index contributed by atoms with van der Waals surface area (Å²) in [5, 5.41) is 8.76. The van der Waals surface area contributed by atoms with Gasteiger partial charge in [0, 0.05) is 23.4 Å². The number of hydrogen-bond acceptors (Lipinski definition) is 4. The Morgan fingerprint density at radius 3 is 2.24 bits per heavy atom. The summed E-state index contributed by atoms with van der Waals surface area (Å²) >= 11 is 5.31. The fourth-order valence-electron chi connectivity index (χ4n) is 3.74. The fourth-order valence-corrected chi connectivity index (χ4v) is 3.95. The van der Waals surface area contributed by atoms with Crippen LogP contribution >= 0.6 is 12.2 Å². The quantitative estimate of drug-likeness (QED) is 0.173.